The van der Waals surface area contributed by atoms with Gasteiger partial charge in [-0.05, 0) is 50.3 Å². The molecule has 0 aliphatic heterocycles. The Labute approximate surface area is 161 Å². The zero-order valence-corrected chi connectivity index (χ0v) is 15.4. The van der Waals surface area contributed by atoms with Crippen molar-refractivity contribution in [3.8, 4) is 5.88 Å². The summed E-state index contributed by atoms with van der Waals surface area (Å²) in [5, 5.41) is 26.3. The van der Waals surface area contributed by atoms with Crippen LogP contribution in [0.2, 0.25) is 0 Å². The minimum Gasteiger partial charge on any atom is -0.478 e. The average Bonchev–Trinajstić information content (AvgIpc) is 3.03. The maximum Gasteiger partial charge on any atom is 0.337 e. The molecule has 1 aliphatic rings. The van der Waals surface area contributed by atoms with Gasteiger partial charge in [0.05, 0.1) is 11.7 Å². The molecule has 1 fully saturated rings. The number of hydrogen-bond donors (Lipinski definition) is 3. The van der Waals surface area contributed by atoms with E-state index >= 15 is 0 Å². The maximum atomic E-state index is 11.4. The number of aliphatic hydroxyl groups is 1. The fourth-order valence-corrected chi connectivity index (χ4v) is 3.50. The quantitative estimate of drug-likeness (QED) is 0.614. The summed E-state index contributed by atoms with van der Waals surface area (Å²) in [4.78, 5) is 20.0. The lowest BCUT2D eigenvalue weighted by Gasteiger charge is -2.26. The number of nitrogens with zero attached hydrogens (tertiary/aromatic N) is 4. The molecule has 3 N–H and O–H groups in total. The van der Waals surface area contributed by atoms with Crippen LogP contribution in [0.25, 0.3) is 5.52 Å². The van der Waals surface area contributed by atoms with Gasteiger partial charge < -0.3 is 20.3 Å². The summed E-state index contributed by atoms with van der Waals surface area (Å²) >= 11 is 0. The van der Waals surface area contributed by atoms with Crippen molar-refractivity contribution in [2.45, 2.75) is 44.8 Å². The number of ether oxygens (including phenoxy) is 1. The summed E-state index contributed by atoms with van der Waals surface area (Å²) in [6, 6.07) is 3.61. The highest BCUT2D eigenvalue weighted by atomic mass is 16.5. The Morgan fingerprint density at radius 2 is 2.07 bits per heavy atom. The molecule has 28 heavy (non-hydrogen) atoms. The molecule has 3 aromatic heterocycles. The van der Waals surface area contributed by atoms with Crippen LogP contribution in [0.1, 0.15) is 41.6 Å². The first-order chi connectivity index (χ1) is 13.5. The van der Waals surface area contributed by atoms with Crippen LogP contribution >= 0.6 is 0 Å². The molecular weight excluding hydrogens is 362 g/mol. The largest absolute Gasteiger partial charge is 0.478 e. The zero-order valence-electron chi connectivity index (χ0n) is 15.4. The molecular formula is C19H21N5O4. The summed E-state index contributed by atoms with van der Waals surface area (Å²) in [5.41, 5.74) is 1.96. The van der Waals surface area contributed by atoms with Crippen molar-refractivity contribution in [3.05, 3.63) is 42.0 Å². The minimum absolute atomic E-state index is 0.00193. The maximum absolute atomic E-state index is 11.4. The molecule has 1 saturated carbocycles. The number of hydrogen-bond acceptors (Lipinski definition) is 7. The number of aliphatic hydroxyl groups excluding tert-OH is 1. The summed E-state index contributed by atoms with van der Waals surface area (Å²) < 4.78 is 7.56. The highest BCUT2D eigenvalue weighted by Crippen LogP contribution is 2.31. The van der Waals surface area contributed by atoms with Crippen LogP contribution in [0.15, 0.2) is 30.9 Å². The van der Waals surface area contributed by atoms with Gasteiger partial charge in [-0.1, -0.05) is 0 Å². The molecule has 146 valence electrons. The van der Waals surface area contributed by atoms with E-state index in [4.69, 9.17) is 4.74 Å². The van der Waals surface area contributed by atoms with Crippen molar-refractivity contribution in [3.63, 3.8) is 0 Å². The minimum atomic E-state index is -1.01. The lowest BCUT2D eigenvalue weighted by Crippen LogP contribution is -2.27. The van der Waals surface area contributed by atoms with Gasteiger partial charge >= 0.3 is 5.97 Å². The Morgan fingerprint density at radius 1 is 1.29 bits per heavy atom. The molecule has 1 aliphatic carbocycles. The van der Waals surface area contributed by atoms with Crippen molar-refractivity contribution in [2.24, 2.45) is 0 Å². The van der Waals surface area contributed by atoms with Gasteiger partial charge in [0.1, 0.15) is 23.6 Å². The third kappa shape index (κ3) is 3.48. The number of rotatable bonds is 5. The monoisotopic (exact) mass is 383 g/mol. The lowest BCUT2D eigenvalue weighted by atomic mass is 9.95. The standard InChI is InChI=1S/C19H21N5O4/c1-11-14(19(26)27)9-24-16(11)17(21-10-22-24)23-15-3-2-8-20-18(15)28-13-6-4-12(25)5-7-13/h2-3,8-10,12-13,25H,4-7H2,1H3,(H,26,27)(H,21,22,23)/t12-,13-. The average molecular weight is 383 g/mol. The summed E-state index contributed by atoms with van der Waals surface area (Å²) in [6.07, 6.45) is 7.20. The highest BCUT2D eigenvalue weighted by molar-refractivity contribution is 5.94. The summed E-state index contributed by atoms with van der Waals surface area (Å²) in [7, 11) is 0. The number of carboxylic acids is 1. The van der Waals surface area contributed by atoms with E-state index in [-0.39, 0.29) is 17.8 Å². The fraction of sp³-hybridized carbons (Fsp3) is 0.368. The Morgan fingerprint density at radius 3 is 2.82 bits per heavy atom. The number of carbonyl (C=O) groups is 1. The summed E-state index contributed by atoms with van der Waals surface area (Å²) in [5.74, 6) is -0.0981. The zero-order chi connectivity index (χ0) is 19.7. The van der Waals surface area contributed by atoms with Crippen molar-refractivity contribution >= 4 is 23.0 Å². The van der Waals surface area contributed by atoms with Gasteiger partial charge in [-0.2, -0.15) is 5.10 Å². The number of anilines is 2. The van der Waals surface area contributed by atoms with Crippen LogP contribution in [0.3, 0.4) is 0 Å². The van der Waals surface area contributed by atoms with Crippen LogP contribution in [-0.2, 0) is 0 Å². The van der Waals surface area contributed by atoms with Crippen LogP contribution in [0.5, 0.6) is 5.88 Å². The number of pyridine rings is 1. The first kappa shape index (κ1) is 18.2. The lowest BCUT2D eigenvalue weighted by molar-refractivity contribution is 0.0647. The van der Waals surface area contributed by atoms with Gasteiger partial charge in [0.15, 0.2) is 5.82 Å². The molecule has 0 aromatic carbocycles. The van der Waals surface area contributed by atoms with E-state index in [0.717, 1.165) is 12.8 Å². The van der Waals surface area contributed by atoms with Crippen LogP contribution in [0.4, 0.5) is 11.5 Å². The fourth-order valence-electron chi connectivity index (χ4n) is 3.50. The van der Waals surface area contributed by atoms with Gasteiger partial charge in [0.2, 0.25) is 5.88 Å². The molecule has 0 atom stereocenters. The van der Waals surface area contributed by atoms with Crippen LogP contribution < -0.4 is 10.1 Å². The Bertz CT molecular complexity index is 1010. The Hall–Kier alpha value is -3.20. The normalized spacial score (nSPS) is 19.5. The second-order valence-electron chi connectivity index (χ2n) is 6.90. The van der Waals surface area contributed by atoms with Crippen molar-refractivity contribution in [1.29, 1.82) is 0 Å². The van der Waals surface area contributed by atoms with Gasteiger partial charge in [-0.3, -0.25) is 0 Å². The molecule has 9 nitrogen and oxygen atoms in total. The van der Waals surface area contributed by atoms with Crippen LogP contribution in [-0.4, -0.2) is 48.0 Å². The van der Waals surface area contributed by atoms with E-state index in [9.17, 15) is 15.0 Å². The number of fused-ring (bicyclic) bond motifs is 1. The molecule has 0 saturated heterocycles. The van der Waals surface area contributed by atoms with Gasteiger partial charge in [-0.15, -0.1) is 0 Å². The Balaban J connectivity index is 1.64. The molecule has 9 heteroatoms. The van der Waals surface area contributed by atoms with E-state index < -0.39 is 5.97 Å². The van der Waals surface area contributed by atoms with E-state index in [0.29, 0.717) is 41.3 Å². The third-order valence-electron chi connectivity index (χ3n) is 5.00. The first-order valence-corrected chi connectivity index (χ1v) is 9.16. The molecule has 4 rings (SSSR count). The Kier molecular flexibility index (Phi) is 4.82. The van der Waals surface area contributed by atoms with Crippen molar-refractivity contribution < 1.29 is 19.7 Å². The number of aromatic carboxylic acids is 1. The molecule has 0 amide bonds. The second kappa shape index (κ2) is 7.43. The van der Waals surface area contributed by atoms with Gasteiger partial charge in [0.25, 0.3) is 0 Å². The van der Waals surface area contributed by atoms with E-state index in [1.54, 1.807) is 19.2 Å². The highest BCUT2D eigenvalue weighted by Gasteiger charge is 2.23. The van der Waals surface area contributed by atoms with Gasteiger partial charge in [0, 0.05) is 12.4 Å². The molecule has 0 spiro atoms. The van der Waals surface area contributed by atoms with Crippen molar-refractivity contribution in [2.75, 3.05) is 5.32 Å². The number of aromatic nitrogens is 4. The predicted molar refractivity (Wildman–Crippen MR) is 101 cm³/mol. The third-order valence-corrected chi connectivity index (χ3v) is 5.00. The second-order valence-corrected chi connectivity index (χ2v) is 6.90. The number of carboxylic acid groups (broad SMARTS) is 1. The molecule has 0 bridgehead atoms. The molecule has 0 unspecified atom stereocenters. The molecule has 3 heterocycles. The number of aryl methyl sites for hydroxylation is 1. The first-order valence-electron chi connectivity index (χ1n) is 9.16. The van der Waals surface area contributed by atoms with E-state index in [2.05, 4.69) is 20.4 Å². The SMILES string of the molecule is Cc1c(C(=O)O)cn2ncnc(Nc3cccnc3O[C@H]3CC[C@H](O)CC3)c12. The van der Waals surface area contributed by atoms with E-state index in [1.807, 2.05) is 6.07 Å². The predicted octanol–water partition coefficient (Wildman–Crippen LogP) is 2.56. The summed E-state index contributed by atoms with van der Waals surface area (Å²) in [6.45, 7) is 1.72. The topological polar surface area (TPSA) is 122 Å². The van der Waals surface area contributed by atoms with Crippen molar-refractivity contribution in [1.82, 2.24) is 19.6 Å². The van der Waals surface area contributed by atoms with Gasteiger partial charge in [-0.25, -0.2) is 19.3 Å². The van der Waals surface area contributed by atoms with Crippen LogP contribution in [0, 0.1) is 6.92 Å². The molecule has 0 radical (unpaired) electrons. The van der Waals surface area contributed by atoms with E-state index in [1.165, 1.54) is 17.0 Å². The number of nitrogens with one attached hydrogen (secondary N) is 1. The smallest absolute Gasteiger partial charge is 0.337 e. The molecule has 3 aromatic rings.